The summed E-state index contributed by atoms with van der Waals surface area (Å²) in [6.07, 6.45) is 0. The van der Waals surface area contributed by atoms with Crippen molar-refractivity contribution in [1.29, 1.82) is 0 Å². The van der Waals surface area contributed by atoms with Gasteiger partial charge < -0.3 is 14.9 Å². The minimum Gasteiger partial charge on any atom is -0.507 e. The summed E-state index contributed by atoms with van der Waals surface area (Å²) < 4.78 is 13.8. The highest BCUT2D eigenvalue weighted by molar-refractivity contribution is 5.97. The number of hydrogen-bond donors (Lipinski definition) is 1. The lowest BCUT2D eigenvalue weighted by atomic mass is 10.1. The largest absolute Gasteiger partial charge is 0.507 e. The predicted molar refractivity (Wildman–Crippen MR) is 87.4 cm³/mol. The first-order chi connectivity index (χ1) is 11.1. The smallest absolute Gasteiger partial charge is 0.257 e. The molecule has 1 amide bonds. The second-order valence-electron chi connectivity index (χ2n) is 5.75. The average molecular weight is 314 g/mol. The van der Waals surface area contributed by atoms with Gasteiger partial charge in [0.2, 0.25) is 0 Å². The number of halogens is 1. The monoisotopic (exact) mass is 314 g/mol. The number of carbonyl (C=O) groups is 1. The van der Waals surface area contributed by atoms with Crippen molar-refractivity contribution in [3.05, 3.63) is 59.4 Å². The van der Waals surface area contributed by atoms with Crippen LogP contribution in [0.5, 0.6) is 5.75 Å². The van der Waals surface area contributed by atoms with E-state index in [0.29, 0.717) is 37.4 Å². The van der Waals surface area contributed by atoms with Gasteiger partial charge in [0.25, 0.3) is 5.91 Å². The minimum absolute atomic E-state index is 0.00265. The van der Waals surface area contributed by atoms with Crippen molar-refractivity contribution >= 4 is 11.6 Å². The van der Waals surface area contributed by atoms with E-state index in [0.717, 1.165) is 5.56 Å². The van der Waals surface area contributed by atoms with Crippen LogP contribution in [-0.2, 0) is 0 Å². The first-order valence-electron chi connectivity index (χ1n) is 7.64. The number of piperazine rings is 1. The summed E-state index contributed by atoms with van der Waals surface area (Å²) >= 11 is 0. The molecule has 2 aromatic rings. The third kappa shape index (κ3) is 3.13. The molecule has 1 heterocycles. The van der Waals surface area contributed by atoms with E-state index in [4.69, 9.17) is 0 Å². The van der Waals surface area contributed by atoms with Gasteiger partial charge in [0.05, 0.1) is 11.3 Å². The van der Waals surface area contributed by atoms with Crippen LogP contribution in [0.1, 0.15) is 15.9 Å². The molecule has 1 fully saturated rings. The number of anilines is 1. The molecule has 0 aromatic heterocycles. The number of aromatic hydroxyl groups is 1. The molecule has 4 nitrogen and oxygen atoms in total. The molecule has 0 radical (unpaired) electrons. The van der Waals surface area contributed by atoms with Crippen molar-refractivity contribution in [3.8, 4) is 5.75 Å². The Bertz CT molecular complexity index is 725. The lowest BCUT2D eigenvalue weighted by molar-refractivity contribution is 0.0743. The maximum Gasteiger partial charge on any atom is 0.257 e. The molecule has 1 saturated heterocycles. The third-order valence-electron chi connectivity index (χ3n) is 4.14. The summed E-state index contributed by atoms with van der Waals surface area (Å²) in [4.78, 5) is 16.2. The molecule has 0 saturated carbocycles. The van der Waals surface area contributed by atoms with Crippen LogP contribution in [0.3, 0.4) is 0 Å². The van der Waals surface area contributed by atoms with Gasteiger partial charge in [0.1, 0.15) is 11.6 Å². The van der Waals surface area contributed by atoms with Crippen molar-refractivity contribution < 1.29 is 14.3 Å². The van der Waals surface area contributed by atoms with Crippen molar-refractivity contribution in [2.75, 3.05) is 31.1 Å². The molecule has 0 aliphatic carbocycles. The van der Waals surface area contributed by atoms with Gasteiger partial charge in [-0.25, -0.2) is 4.39 Å². The minimum atomic E-state index is -0.247. The molecular weight excluding hydrogens is 295 g/mol. The molecule has 23 heavy (non-hydrogen) atoms. The van der Waals surface area contributed by atoms with Gasteiger partial charge in [-0.15, -0.1) is 0 Å². The van der Waals surface area contributed by atoms with E-state index in [2.05, 4.69) is 0 Å². The number of rotatable bonds is 2. The van der Waals surface area contributed by atoms with Gasteiger partial charge in [0, 0.05) is 26.2 Å². The standard InChI is InChI=1S/C18H19FN2O2/c1-13-6-7-17(22)14(12-13)18(23)21-10-8-20(9-11-21)16-5-3-2-4-15(16)19/h2-7,12,22H,8-11H2,1H3. The molecule has 0 spiro atoms. The van der Waals surface area contributed by atoms with E-state index in [9.17, 15) is 14.3 Å². The van der Waals surface area contributed by atoms with Crippen LogP contribution < -0.4 is 4.90 Å². The Morgan fingerprint density at radius 3 is 2.48 bits per heavy atom. The number of hydrogen-bond acceptors (Lipinski definition) is 3. The van der Waals surface area contributed by atoms with Crippen LogP contribution >= 0.6 is 0 Å². The normalized spacial score (nSPS) is 14.9. The number of phenols is 1. The first kappa shape index (κ1) is 15.3. The van der Waals surface area contributed by atoms with Crippen molar-refractivity contribution in [2.24, 2.45) is 0 Å². The second-order valence-corrected chi connectivity index (χ2v) is 5.75. The van der Waals surface area contributed by atoms with Crippen molar-refractivity contribution in [3.63, 3.8) is 0 Å². The Morgan fingerprint density at radius 1 is 1.09 bits per heavy atom. The van der Waals surface area contributed by atoms with Gasteiger partial charge in [-0.05, 0) is 31.2 Å². The molecule has 0 unspecified atom stereocenters. The summed E-state index contributed by atoms with van der Waals surface area (Å²) in [6, 6.07) is 11.7. The number of benzene rings is 2. The van der Waals surface area contributed by atoms with Gasteiger partial charge in [-0.3, -0.25) is 4.79 Å². The van der Waals surface area contributed by atoms with Crippen LogP contribution in [0, 0.1) is 12.7 Å². The molecule has 1 N–H and O–H groups in total. The fourth-order valence-corrected chi connectivity index (χ4v) is 2.85. The maximum absolute atomic E-state index is 13.8. The first-order valence-corrected chi connectivity index (χ1v) is 7.64. The Morgan fingerprint density at radius 2 is 1.78 bits per heavy atom. The van der Waals surface area contributed by atoms with Gasteiger partial charge >= 0.3 is 0 Å². The van der Waals surface area contributed by atoms with Crippen molar-refractivity contribution in [2.45, 2.75) is 6.92 Å². The number of phenolic OH excluding ortho intramolecular Hbond substituents is 1. The summed E-state index contributed by atoms with van der Waals surface area (Å²) in [5.74, 6) is -0.430. The molecule has 2 aromatic carbocycles. The number of aryl methyl sites for hydroxylation is 1. The van der Waals surface area contributed by atoms with E-state index in [1.165, 1.54) is 12.1 Å². The zero-order valence-corrected chi connectivity index (χ0v) is 13.0. The highest BCUT2D eigenvalue weighted by Crippen LogP contribution is 2.23. The van der Waals surface area contributed by atoms with Crippen LogP contribution in [0.4, 0.5) is 10.1 Å². The van der Waals surface area contributed by atoms with Gasteiger partial charge in [-0.2, -0.15) is 0 Å². The number of nitrogens with zero attached hydrogens (tertiary/aromatic N) is 2. The molecule has 120 valence electrons. The number of carbonyl (C=O) groups excluding carboxylic acids is 1. The van der Waals surface area contributed by atoms with Gasteiger partial charge in [0.15, 0.2) is 0 Å². The van der Waals surface area contributed by atoms with Crippen molar-refractivity contribution in [1.82, 2.24) is 4.90 Å². The number of para-hydroxylation sites is 1. The topological polar surface area (TPSA) is 43.8 Å². The Hall–Kier alpha value is -2.56. The summed E-state index contributed by atoms with van der Waals surface area (Å²) in [6.45, 7) is 4.02. The Kier molecular flexibility index (Phi) is 4.19. The summed E-state index contributed by atoms with van der Waals surface area (Å²) in [5, 5.41) is 9.89. The average Bonchev–Trinajstić information content (AvgIpc) is 2.57. The summed E-state index contributed by atoms with van der Waals surface area (Å²) in [7, 11) is 0. The van der Waals surface area contributed by atoms with Crippen LogP contribution in [-0.4, -0.2) is 42.1 Å². The molecule has 5 heteroatoms. The number of amides is 1. The Labute approximate surface area is 134 Å². The summed E-state index contributed by atoms with van der Waals surface area (Å²) in [5.41, 5.74) is 1.82. The lowest BCUT2D eigenvalue weighted by Crippen LogP contribution is -2.49. The predicted octanol–water partition coefficient (Wildman–Crippen LogP) is 2.80. The molecule has 0 atom stereocenters. The van der Waals surface area contributed by atoms with E-state index < -0.39 is 0 Å². The zero-order valence-electron chi connectivity index (χ0n) is 13.0. The second kappa shape index (κ2) is 6.28. The van der Waals surface area contributed by atoms with E-state index >= 15 is 0 Å². The SMILES string of the molecule is Cc1ccc(O)c(C(=O)N2CCN(c3ccccc3F)CC2)c1. The molecule has 1 aliphatic rings. The maximum atomic E-state index is 13.8. The zero-order chi connectivity index (χ0) is 16.4. The third-order valence-corrected chi connectivity index (χ3v) is 4.14. The highest BCUT2D eigenvalue weighted by Gasteiger charge is 2.25. The molecular formula is C18H19FN2O2. The lowest BCUT2D eigenvalue weighted by Gasteiger charge is -2.36. The quantitative estimate of drug-likeness (QED) is 0.927. The molecule has 1 aliphatic heterocycles. The molecule has 3 rings (SSSR count). The fraction of sp³-hybridized carbons (Fsp3) is 0.278. The Balaban J connectivity index is 1.70. The molecule has 0 bridgehead atoms. The van der Waals surface area contributed by atoms with E-state index in [1.54, 1.807) is 35.2 Å². The van der Waals surface area contributed by atoms with Crippen LogP contribution in [0.15, 0.2) is 42.5 Å². The van der Waals surface area contributed by atoms with E-state index in [-0.39, 0.29) is 17.5 Å². The fourth-order valence-electron chi connectivity index (χ4n) is 2.85. The van der Waals surface area contributed by atoms with E-state index in [1.807, 2.05) is 11.8 Å². The highest BCUT2D eigenvalue weighted by atomic mass is 19.1. The van der Waals surface area contributed by atoms with Crippen LogP contribution in [0.25, 0.3) is 0 Å². The van der Waals surface area contributed by atoms with Gasteiger partial charge in [-0.1, -0.05) is 23.8 Å². The van der Waals surface area contributed by atoms with Crippen LogP contribution in [0.2, 0.25) is 0 Å².